The molecule has 0 fully saturated rings. The van der Waals surface area contributed by atoms with Crippen molar-refractivity contribution >= 4 is 38.6 Å². The van der Waals surface area contributed by atoms with Crippen LogP contribution in [0.2, 0.25) is 0 Å². The minimum atomic E-state index is 0.513. The summed E-state index contributed by atoms with van der Waals surface area (Å²) in [5.74, 6) is 1.62. The van der Waals surface area contributed by atoms with E-state index in [1.165, 1.54) is 16.3 Å². The maximum Gasteiger partial charge on any atom is 0.134 e. The highest BCUT2D eigenvalue weighted by Crippen LogP contribution is 2.28. The van der Waals surface area contributed by atoms with E-state index in [0.29, 0.717) is 6.61 Å². The number of ether oxygens (including phenoxy) is 2. The summed E-state index contributed by atoms with van der Waals surface area (Å²) in [7, 11) is 1.65. The third kappa shape index (κ3) is 4.66. The van der Waals surface area contributed by atoms with Crippen molar-refractivity contribution in [3.63, 3.8) is 0 Å². The van der Waals surface area contributed by atoms with E-state index in [4.69, 9.17) is 9.47 Å². The minimum Gasteiger partial charge on any atom is -0.497 e. The molecule has 0 saturated heterocycles. The lowest BCUT2D eigenvalue weighted by atomic mass is 10.1. The minimum absolute atomic E-state index is 0.513. The molecule has 4 aromatic carbocycles. The van der Waals surface area contributed by atoms with Crippen LogP contribution in [0.15, 0.2) is 94.4 Å². The van der Waals surface area contributed by atoms with Gasteiger partial charge in [-0.05, 0) is 80.3 Å². The second-order valence-corrected chi connectivity index (χ2v) is 7.43. The summed E-state index contributed by atoms with van der Waals surface area (Å²) < 4.78 is 12.1. The van der Waals surface area contributed by atoms with Gasteiger partial charge in [0.15, 0.2) is 0 Å². The Kier molecular flexibility index (Phi) is 5.92. The molecule has 4 aromatic rings. The molecule has 0 spiro atoms. The topological polar surface area (TPSA) is 30.8 Å². The predicted molar refractivity (Wildman–Crippen MR) is 123 cm³/mol. The van der Waals surface area contributed by atoms with Crippen molar-refractivity contribution in [2.75, 3.05) is 7.11 Å². The monoisotopic (exact) mass is 445 g/mol. The molecule has 0 aliphatic carbocycles. The van der Waals surface area contributed by atoms with Crippen molar-refractivity contribution in [3.8, 4) is 11.5 Å². The van der Waals surface area contributed by atoms with Crippen LogP contribution in [0.1, 0.15) is 11.1 Å². The zero-order chi connectivity index (χ0) is 20.1. The van der Waals surface area contributed by atoms with E-state index in [2.05, 4.69) is 63.4 Å². The Balaban J connectivity index is 1.46. The Morgan fingerprint density at radius 1 is 0.897 bits per heavy atom. The van der Waals surface area contributed by atoms with E-state index in [9.17, 15) is 0 Å². The van der Waals surface area contributed by atoms with Crippen molar-refractivity contribution in [1.29, 1.82) is 0 Å². The summed E-state index contributed by atoms with van der Waals surface area (Å²) in [5.41, 5.74) is 3.03. The molecule has 3 nitrogen and oxygen atoms in total. The van der Waals surface area contributed by atoms with E-state index < -0.39 is 0 Å². The van der Waals surface area contributed by atoms with Crippen molar-refractivity contribution in [2.24, 2.45) is 4.99 Å². The van der Waals surface area contributed by atoms with Gasteiger partial charge in [0.25, 0.3) is 0 Å². The third-order valence-corrected chi connectivity index (χ3v) is 5.27. The van der Waals surface area contributed by atoms with Gasteiger partial charge in [0.1, 0.15) is 18.1 Å². The molecule has 4 heteroatoms. The fourth-order valence-corrected chi connectivity index (χ4v) is 3.62. The molecular weight excluding hydrogens is 426 g/mol. The molecule has 0 N–H and O–H groups in total. The summed E-state index contributed by atoms with van der Waals surface area (Å²) in [6.45, 7) is 0.513. The number of fused-ring (bicyclic) bond motifs is 1. The Hall–Kier alpha value is -3.11. The first kappa shape index (κ1) is 19.2. The van der Waals surface area contributed by atoms with Crippen molar-refractivity contribution in [1.82, 2.24) is 0 Å². The van der Waals surface area contributed by atoms with E-state index in [1.54, 1.807) is 7.11 Å². The Morgan fingerprint density at radius 3 is 2.48 bits per heavy atom. The maximum atomic E-state index is 6.07. The van der Waals surface area contributed by atoms with E-state index >= 15 is 0 Å². The van der Waals surface area contributed by atoms with Crippen LogP contribution in [0.5, 0.6) is 11.5 Å². The third-order valence-electron chi connectivity index (χ3n) is 4.65. The fourth-order valence-electron chi connectivity index (χ4n) is 3.11. The number of hydrogen-bond donors (Lipinski definition) is 0. The van der Waals surface area contributed by atoms with Gasteiger partial charge in [0.05, 0.1) is 17.3 Å². The standard InChI is InChI=1S/C25H20BrNO2/c1-28-22-12-10-21(11-13-22)27-16-18-9-14-25(24(26)15-18)29-17-20-7-4-6-19-5-2-3-8-23(19)20/h2-16H,17H2,1H3. The van der Waals surface area contributed by atoms with Gasteiger partial charge in [-0.3, -0.25) is 4.99 Å². The molecule has 0 aliphatic heterocycles. The summed E-state index contributed by atoms with van der Waals surface area (Å²) in [6, 6.07) is 28.2. The van der Waals surface area contributed by atoms with Gasteiger partial charge in [-0.25, -0.2) is 0 Å². The number of rotatable bonds is 6. The van der Waals surface area contributed by atoms with Crippen LogP contribution >= 0.6 is 15.9 Å². The number of nitrogens with zero attached hydrogens (tertiary/aromatic N) is 1. The molecule has 0 amide bonds. The zero-order valence-electron chi connectivity index (χ0n) is 16.0. The first-order valence-corrected chi connectivity index (χ1v) is 10.1. The molecule has 0 saturated carbocycles. The molecule has 0 bridgehead atoms. The van der Waals surface area contributed by atoms with Crippen LogP contribution in [0.25, 0.3) is 10.8 Å². The van der Waals surface area contributed by atoms with E-state index in [1.807, 2.05) is 48.7 Å². The smallest absolute Gasteiger partial charge is 0.134 e. The highest BCUT2D eigenvalue weighted by atomic mass is 79.9. The zero-order valence-corrected chi connectivity index (χ0v) is 17.6. The van der Waals surface area contributed by atoms with E-state index in [0.717, 1.165) is 27.2 Å². The SMILES string of the molecule is COc1ccc(N=Cc2ccc(OCc3cccc4ccccc34)c(Br)c2)cc1. The molecular formula is C25H20BrNO2. The summed E-state index contributed by atoms with van der Waals surface area (Å²) in [4.78, 5) is 4.51. The Morgan fingerprint density at radius 2 is 1.69 bits per heavy atom. The van der Waals surface area contributed by atoms with Gasteiger partial charge in [0, 0.05) is 6.21 Å². The average Bonchev–Trinajstić information content (AvgIpc) is 2.77. The van der Waals surface area contributed by atoms with Crippen molar-refractivity contribution < 1.29 is 9.47 Å². The van der Waals surface area contributed by atoms with Crippen LogP contribution in [-0.4, -0.2) is 13.3 Å². The van der Waals surface area contributed by atoms with Gasteiger partial charge in [-0.15, -0.1) is 0 Å². The summed E-state index contributed by atoms with van der Waals surface area (Å²) in [6.07, 6.45) is 1.83. The molecule has 0 atom stereocenters. The summed E-state index contributed by atoms with van der Waals surface area (Å²) in [5, 5.41) is 2.44. The Labute approximate surface area is 178 Å². The largest absolute Gasteiger partial charge is 0.497 e. The molecule has 0 unspecified atom stereocenters. The van der Waals surface area contributed by atoms with Crippen LogP contribution < -0.4 is 9.47 Å². The number of aliphatic imine (C=N–C) groups is 1. The average molecular weight is 446 g/mol. The van der Waals surface area contributed by atoms with Gasteiger partial charge in [-0.2, -0.15) is 0 Å². The molecule has 144 valence electrons. The lowest BCUT2D eigenvalue weighted by molar-refractivity contribution is 0.305. The van der Waals surface area contributed by atoms with Gasteiger partial charge in [-0.1, -0.05) is 42.5 Å². The first-order chi connectivity index (χ1) is 14.2. The predicted octanol–water partition coefficient (Wildman–Crippen LogP) is 6.94. The second-order valence-electron chi connectivity index (χ2n) is 6.57. The highest BCUT2D eigenvalue weighted by Gasteiger charge is 2.05. The van der Waals surface area contributed by atoms with Crippen LogP contribution in [0, 0.1) is 0 Å². The first-order valence-electron chi connectivity index (χ1n) is 9.30. The molecule has 0 radical (unpaired) electrons. The molecule has 0 heterocycles. The van der Waals surface area contributed by atoms with Crippen molar-refractivity contribution in [2.45, 2.75) is 6.61 Å². The van der Waals surface area contributed by atoms with Crippen LogP contribution in [-0.2, 0) is 6.61 Å². The molecule has 0 aromatic heterocycles. The lowest BCUT2D eigenvalue weighted by Gasteiger charge is -2.11. The van der Waals surface area contributed by atoms with Gasteiger partial charge >= 0.3 is 0 Å². The number of methoxy groups -OCH3 is 1. The van der Waals surface area contributed by atoms with Crippen molar-refractivity contribution in [3.05, 3.63) is 101 Å². The summed E-state index contributed by atoms with van der Waals surface area (Å²) >= 11 is 3.61. The second kappa shape index (κ2) is 8.93. The lowest BCUT2D eigenvalue weighted by Crippen LogP contribution is -1.97. The quantitative estimate of drug-likeness (QED) is 0.301. The normalized spacial score (nSPS) is 11.1. The van der Waals surface area contributed by atoms with Gasteiger partial charge in [0.2, 0.25) is 0 Å². The van der Waals surface area contributed by atoms with Crippen LogP contribution in [0.4, 0.5) is 5.69 Å². The van der Waals surface area contributed by atoms with Crippen LogP contribution in [0.3, 0.4) is 0 Å². The molecule has 0 aliphatic rings. The molecule has 29 heavy (non-hydrogen) atoms. The molecule has 4 rings (SSSR count). The fraction of sp³-hybridized carbons (Fsp3) is 0.0800. The number of hydrogen-bond acceptors (Lipinski definition) is 3. The highest BCUT2D eigenvalue weighted by molar-refractivity contribution is 9.10. The van der Waals surface area contributed by atoms with E-state index in [-0.39, 0.29) is 0 Å². The number of benzene rings is 4. The maximum absolute atomic E-state index is 6.07. The number of halogens is 1. The van der Waals surface area contributed by atoms with Gasteiger partial charge < -0.3 is 9.47 Å². The Bertz CT molecular complexity index is 1150.